The number of carbonyl (C=O) groups is 1. The van der Waals surface area contributed by atoms with Crippen LogP contribution >= 0.6 is 0 Å². The maximum Gasteiger partial charge on any atom is 0.214 e. The topological polar surface area (TPSA) is 91.4 Å². The molecular weight excluding hydrogens is 426 g/mol. The summed E-state index contributed by atoms with van der Waals surface area (Å²) in [6.07, 6.45) is 2.48. The zero-order valence-corrected chi connectivity index (χ0v) is 21.0. The van der Waals surface area contributed by atoms with Crippen LogP contribution in [0, 0.1) is 11.3 Å². The highest BCUT2D eigenvalue weighted by Gasteiger charge is 2.59. The number of ether oxygens (including phenoxy) is 4. The Morgan fingerprint density at radius 1 is 1.13 bits per heavy atom. The summed E-state index contributed by atoms with van der Waals surface area (Å²) in [5.41, 5.74) is -0.531. The number of sulfonamides is 1. The number of hydrogen-bond acceptors (Lipinski definition) is 7. The zero-order chi connectivity index (χ0) is 22.4. The lowest BCUT2D eigenvalue weighted by atomic mass is 9.62. The first-order valence-electron chi connectivity index (χ1n) is 10.7. The Kier molecular flexibility index (Phi) is 9.48. The van der Waals surface area contributed by atoms with Crippen molar-refractivity contribution < 1.29 is 32.2 Å². The molecule has 1 aliphatic carbocycles. The van der Waals surface area contributed by atoms with E-state index in [9.17, 15) is 13.2 Å². The van der Waals surface area contributed by atoms with Gasteiger partial charge in [-0.3, -0.25) is 4.79 Å². The average molecular weight is 466 g/mol. The second-order valence-corrected chi connectivity index (χ2v) is 17.3. The van der Waals surface area contributed by atoms with Crippen molar-refractivity contribution in [2.45, 2.75) is 57.4 Å². The van der Waals surface area contributed by atoms with Gasteiger partial charge in [0.2, 0.25) is 10.0 Å². The van der Waals surface area contributed by atoms with Crippen molar-refractivity contribution in [3.63, 3.8) is 0 Å². The fourth-order valence-corrected chi connectivity index (χ4v) is 9.49. The molecule has 2 aliphatic rings. The van der Waals surface area contributed by atoms with Crippen LogP contribution in [-0.2, 0) is 33.8 Å². The fourth-order valence-electron chi connectivity index (χ4n) is 4.76. The zero-order valence-electron chi connectivity index (χ0n) is 19.1. The molecule has 3 atom stereocenters. The summed E-state index contributed by atoms with van der Waals surface area (Å²) in [5, 5.41) is 0. The molecule has 30 heavy (non-hydrogen) atoms. The third-order valence-corrected chi connectivity index (χ3v) is 10.3. The number of rotatable bonds is 13. The Bertz CT molecular complexity index is 667. The van der Waals surface area contributed by atoms with Crippen molar-refractivity contribution in [1.29, 1.82) is 0 Å². The molecule has 1 aliphatic heterocycles. The first kappa shape index (κ1) is 25.9. The van der Waals surface area contributed by atoms with Crippen LogP contribution in [-0.4, -0.2) is 85.9 Å². The number of methoxy groups -OCH3 is 2. The van der Waals surface area contributed by atoms with Crippen LogP contribution in [0.15, 0.2) is 0 Å². The lowest BCUT2D eigenvalue weighted by Crippen LogP contribution is -2.56. The van der Waals surface area contributed by atoms with Gasteiger partial charge in [0.1, 0.15) is 13.6 Å². The third kappa shape index (κ3) is 6.33. The maximum atomic E-state index is 13.2. The summed E-state index contributed by atoms with van der Waals surface area (Å²) in [7, 11) is -1.90. The van der Waals surface area contributed by atoms with Gasteiger partial charge in [-0.15, -0.1) is 0 Å². The van der Waals surface area contributed by atoms with Crippen molar-refractivity contribution in [2.24, 2.45) is 11.3 Å². The van der Waals surface area contributed by atoms with Crippen molar-refractivity contribution >= 4 is 23.9 Å². The van der Waals surface area contributed by atoms with Crippen LogP contribution < -0.4 is 0 Å². The number of Topliss-reactive ketones (excluding diaryl/α,β-unsaturated/α-hetero) is 1. The van der Waals surface area contributed by atoms with Gasteiger partial charge in [-0.05, 0) is 31.2 Å². The largest absolute Gasteiger partial charge is 0.359 e. The molecule has 0 aromatic heterocycles. The molecule has 1 saturated carbocycles. The maximum absolute atomic E-state index is 13.2. The van der Waals surface area contributed by atoms with Gasteiger partial charge in [-0.1, -0.05) is 19.6 Å². The monoisotopic (exact) mass is 465 g/mol. The number of carbonyl (C=O) groups excluding carboxylic acids is 1. The van der Waals surface area contributed by atoms with Gasteiger partial charge < -0.3 is 18.9 Å². The number of nitrogens with zero attached hydrogens (tertiary/aromatic N) is 1. The molecule has 2 rings (SSSR count). The second-order valence-electron chi connectivity index (χ2n) is 9.68. The summed E-state index contributed by atoms with van der Waals surface area (Å²) in [4.78, 5) is 13.1. The molecular formula is C20H39NO7SSi. The molecule has 0 amide bonds. The summed E-state index contributed by atoms with van der Waals surface area (Å²) >= 11 is 0. The predicted octanol–water partition coefficient (Wildman–Crippen LogP) is 2.33. The van der Waals surface area contributed by atoms with E-state index >= 15 is 0 Å². The molecule has 0 spiro atoms. The van der Waals surface area contributed by atoms with Gasteiger partial charge in [0.05, 0.1) is 18.4 Å². The van der Waals surface area contributed by atoms with Crippen LogP contribution in [0.25, 0.3) is 0 Å². The van der Waals surface area contributed by atoms with E-state index in [4.69, 9.17) is 18.9 Å². The first-order valence-corrected chi connectivity index (χ1v) is 16.0. The van der Waals surface area contributed by atoms with Crippen molar-refractivity contribution in [3.05, 3.63) is 0 Å². The quantitative estimate of drug-likeness (QED) is 0.234. The summed E-state index contributed by atoms with van der Waals surface area (Å²) in [6.45, 7) is 8.03. The minimum atomic E-state index is -3.51. The van der Waals surface area contributed by atoms with E-state index in [-0.39, 0.29) is 31.0 Å². The normalized spacial score (nSPS) is 28.1. The molecule has 0 aromatic rings. The molecule has 0 radical (unpaired) electrons. The van der Waals surface area contributed by atoms with Crippen molar-refractivity contribution in [3.8, 4) is 0 Å². The van der Waals surface area contributed by atoms with Gasteiger partial charge in [-0.25, -0.2) is 8.42 Å². The Hall–Kier alpha value is -0.363. The highest BCUT2D eigenvalue weighted by atomic mass is 32.2. The van der Waals surface area contributed by atoms with Gasteiger partial charge in [0.25, 0.3) is 0 Å². The fraction of sp³-hybridized carbons (Fsp3) is 0.950. The van der Waals surface area contributed by atoms with E-state index < -0.39 is 29.6 Å². The van der Waals surface area contributed by atoms with E-state index in [1.54, 1.807) is 14.2 Å². The van der Waals surface area contributed by atoms with Crippen LogP contribution in [0.2, 0.25) is 25.7 Å². The molecule has 2 fully saturated rings. The van der Waals surface area contributed by atoms with Crippen LogP contribution in [0.5, 0.6) is 0 Å². The third-order valence-electron chi connectivity index (χ3n) is 6.34. The SMILES string of the molecule is COCOCC[C@H]1CCC(=O)[C@@H]2N(S(=O)(=O)CC[Si](C)(C)C)CC[C@]12COCOC. The molecule has 1 saturated heterocycles. The molecule has 8 nitrogen and oxygen atoms in total. The van der Waals surface area contributed by atoms with Gasteiger partial charge >= 0.3 is 0 Å². The smallest absolute Gasteiger partial charge is 0.214 e. The molecule has 176 valence electrons. The van der Waals surface area contributed by atoms with Gasteiger partial charge in [0, 0.05) is 47.3 Å². The highest BCUT2D eigenvalue weighted by Crippen LogP contribution is 2.51. The Balaban J connectivity index is 2.26. The van der Waals surface area contributed by atoms with E-state index in [1.165, 1.54) is 4.31 Å². The molecule has 0 N–H and O–H groups in total. The van der Waals surface area contributed by atoms with Gasteiger partial charge in [-0.2, -0.15) is 4.31 Å². The molecule has 10 heteroatoms. The lowest BCUT2D eigenvalue weighted by Gasteiger charge is -2.46. The van der Waals surface area contributed by atoms with Crippen LogP contribution in [0.4, 0.5) is 0 Å². The van der Waals surface area contributed by atoms with E-state index in [1.807, 2.05) is 0 Å². The van der Waals surface area contributed by atoms with Crippen LogP contribution in [0.3, 0.4) is 0 Å². The lowest BCUT2D eigenvalue weighted by molar-refractivity contribution is -0.140. The molecule has 0 bridgehead atoms. The second kappa shape index (κ2) is 11.0. The summed E-state index contributed by atoms with van der Waals surface area (Å²) < 4.78 is 49.2. The van der Waals surface area contributed by atoms with E-state index in [0.29, 0.717) is 38.6 Å². The number of fused-ring (bicyclic) bond motifs is 1. The van der Waals surface area contributed by atoms with Crippen molar-refractivity contribution in [1.82, 2.24) is 4.31 Å². The highest BCUT2D eigenvalue weighted by molar-refractivity contribution is 7.89. The predicted molar refractivity (Wildman–Crippen MR) is 117 cm³/mol. The minimum Gasteiger partial charge on any atom is -0.359 e. The Morgan fingerprint density at radius 2 is 1.80 bits per heavy atom. The number of ketones is 1. The average Bonchev–Trinajstić information content (AvgIpc) is 3.07. The molecule has 1 heterocycles. The Morgan fingerprint density at radius 3 is 2.43 bits per heavy atom. The number of hydrogen-bond donors (Lipinski definition) is 0. The van der Waals surface area contributed by atoms with E-state index in [2.05, 4.69) is 19.6 Å². The Labute approximate surface area is 182 Å². The first-order chi connectivity index (χ1) is 14.1. The molecule has 0 unspecified atom stereocenters. The molecule has 0 aromatic carbocycles. The van der Waals surface area contributed by atoms with E-state index in [0.717, 1.165) is 12.8 Å². The van der Waals surface area contributed by atoms with Crippen molar-refractivity contribution in [2.75, 3.05) is 53.3 Å². The standard InChI is InChI=1S/C20H39NO7SSi/c1-25-15-27-11-8-17-6-7-18(22)19-20(17,14-28-16-26-2)9-10-21(19)29(23,24)12-13-30(3,4)5/h17,19H,6-16H2,1-5H3/t17-,19+,20+/m1/s1. The van der Waals surface area contributed by atoms with Gasteiger partial charge in [0.15, 0.2) is 5.78 Å². The minimum absolute atomic E-state index is 0.0131. The van der Waals surface area contributed by atoms with Crippen LogP contribution in [0.1, 0.15) is 25.7 Å². The summed E-state index contributed by atoms with van der Waals surface area (Å²) in [5.74, 6) is 0.272. The summed E-state index contributed by atoms with van der Waals surface area (Å²) in [6, 6.07) is 0.0379.